The smallest absolute Gasteiger partial charge is 0.136 e. The Morgan fingerprint density at radius 3 is 1.63 bits per heavy atom. The third kappa shape index (κ3) is 3.49. The van der Waals surface area contributed by atoms with Crippen LogP contribution in [0.1, 0.15) is 0 Å². The Balaban J connectivity index is 1.13. The molecule has 8 aromatic rings. The standard InChI is InChI=1S/C40H24O/c1-2-7-26-20-27(13-12-25(26)6-1)28-14-15-30-22-31(17-16-29(30)21-28)32-18-19-38-37(23-32)36-11-5-10-35-34-9-4-3-8-33(34)24-39(41-38)40(35)36/h1-24H. The van der Waals surface area contributed by atoms with Gasteiger partial charge in [-0.15, -0.1) is 0 Å². The average molecular weight is 521 g/mol. The first-order chi connectivity index (χ1) is 20.3. The SMILES string of the molecule is c1ccc2cc(-c3ccc4cc(-c5ccc6c(c5)-c5cccc7c5c(cc5ccccc57)O6)ccc4c3)ccc2c1. The summed E-state index contributed by atoms with van der Waals surface area (Å²) in [7, 11) is 0. The van der Waals surface area contributed by atoms with Crippen LogP contribution in [0.5, 0.6) is 11.5 Å². The van der Waals surface area contributed by atoms with Crippen LogP contribution >= 0.6 is 0 Å². The van der Waals surface area contributed by atoms with E-state index >= 15 is 0 Å². The van der Waals surface area contributed by atoms with E-state index in [0.29, 0.717) is 0 Å². The van der Waals surface area contributed by atoms with E-state index in [1.165, 1.54) is 70.9 Å². The largest absolute Gasteiger partial charge is 0.456 e. The van der Waals surface area contributed by atoms with Crippen molar-refractivity contribution in [2.45, 2.75) is 0 Å². The first-order valence-corrected chi connectivity index (χ1v) is 14.1. The van der Waals surface area contributed by atoms with Gasteiger partial charge in [-0.25, -0.2) is 0 Å². The van der Waals surface area contributed by atoms with Crippen molar-refractivity contribution in [3.8, 4) is 44.9 Å². The molecule has 0 atom stereocenters. The van der Waals surface area contributed by atoms with Crippen molar-refractivity contribution in [1.29, 1.82) is 0 Å². The van der Waals surface area contributed by atoms with Crippen LogP contribution in [0.25, 0.3) is 76.5 Å². The second-order valence-corrected chi connectivity index (χ2v) is 11.0. The lowest BCUT2D eigenvalue weighted by Crippen LogP contribution is -1.98. The fourth-order valence-corrected chi connectivity index (χ4v) is 6.53. The molecule has 0 fully saturated rings. The molecule has 190 valence electrons. The number of benzene rings is 8. The molecule has 41 heavy (non-hydrogen) atoms. The molecule has 1 aliphatic rings. The number of fused-ring (bicyclic) bond motifs is 6. The monoisotopic (exact) mass is 520 g/mol. The second kappa shape index (κ2) is 8.55. The Morgan fingerprint density at radius 2 is 0.878 bits per heavy atom. The maximum Gasteiger partial charge on any atom is 0.136 e. The molecule has 9 rings (SSSR count). The predicted octanol–water partition coefficient (Wildman–Crippen LogP) is 11.4. The van der Waals surface area contributed by atoms with E-state index in [1.54, 1.807) is 0 Å². The second-order valence-electron chi connectivity index (χ2n) is 11.0. The number of rotatable bonds is 2. The van der Waals surface area contributed by atoms with Gasteiger partial charge >= 0.3 is 0 Å². The molecule has 0 saturated carbocycles. The van der Waals surface area contributed by atoms with Crippen LogP contribution in [0.4, 0.5) is 0 Å². The van der Waals surface area contributed by atoms with Gasteiger partial charge in [-0.1, -0.05) is 109 Å². The summed E-state index contributed by atoms with van der Waals surface area (Å²) in [5, 5.41) is 9.90. The van der Waals surface area contributed by atoms with Crippen LogP contribution in [0.2, 0.25) is 0 Å². The Kier molecular flexibility index (Phi) is 4.67. The first kappa shape index (κ1) is 22.4. The lowest BCUT2D eigenvalue weighted by molar-refractivity contribution is 0.488. The summed E-state index contributed by atoms with van der Waals surface area (Å²) in [6, 6.07) is 52.7. The van der Waals surface area contributed by atoms with E-state index in [2.05, 4.69) is 146 Å². The molecule has 0 bridgehead atoms. The zero-order chi connectivity index (χ0) is 26.9. The minimum absolute atomic E-state index is 0.907. The highest BCUT2D eigenvalue weighted by Gasteiger charge is 2.22. The van der Waals surface area contributed by atoms with Gasteiger partial charge in [0.25, 0.3) is 0 Å². The third-order valence-corrected chi connectivity index (χ3v) is 8.59. The molecule has 0 N–H and O–H groups in total. The molecule has 8 aromatic carbocycles. The van der Waals surface area contributed by atoms with Crippen LogP contribution in [-0.2, 0) is 0 Å². The summed E-state index contributed by atoms with van der Waals surface area (Å²) in [6.07, 6.45) is 0. The average Bonchev–Trinajstić information content (AvgIpc) is 3.04. The molecule has 0 saturated heterocycles. The van der Waals surface area contributed by atoms with Crippen LogP contribution in [0.15, 0.2) is 146 Å². The summed E-state index contributed by atoms with van der Waals surface area (Å²) in [6.45, 7) is 0. The zero-order valence-corrected chi connectivity index (χ0v) is 22.3. The van der Waals surface area contributed by atoms with Gasteiger partial charge in [0.1, 0.15) is 11.5 Å². The molecule has 0 unspecified atom stereocenters. The quantitative estimate of drug-likeness (QED) is 0.206. The Morgan fingerprint density at radius 1 is 0.317 bits per heavy atom. The Hall–Kier alpha value is -5.40. The fourth-order valence-electron chi connectivity index (χ4n) is 6.53. The molecule has 0 aliphatic carbocycles. The van der Waals surface area contributed by atoms with Crippen molar-refractivity contribution in [2.24, 2.45) is 0 Å². The Bertz CT molecular complexity index is 2340. The number of ether oxygens (including phenoxy) is 1. The predicted molar refractivity (Wildman–Crippen MR) is 173 cm³/mol. The molecule has 1 aliphatic heterocycles. The normalized spacial score (nSPS) is 12.1. The summed E-state index contributed by atoms with van der Waals surface area (Å²) >= 11 is 0. The molecule has 0 radical (unpaired) electrons. The van der Waals surface area contributed by atoms with Gasteiger partial charge in [-0.2, -0.15) is 0 Å². The summed E-state index contributed by atoms with van der Waals surface area (Å²) in [4.78, 5) is 0. The van der Waals surface area contributed by atoms with E-state index in [1.807, 2.05) is 0 Å². The number of hydrogen-bond donors (Lipinski definition) is 0. The highest BCUT2D eigenvalue weighted by Crippen LogP contribution is 2.49. The van der Waals surface area contributed by atoms with Gasteiger partial charge in [0.15, 0.2) is 0 Å². The molecule has 1 nitrogen and oxygen atoms in total. The Labute approximate surface area is 237 Å². The van der Waals surface area contributed by atoms with Gasteiger partial charge < -0.3 is 4.74 Å². The highest BCUT2D eigenvalue weighted by atomic mass is 16.5. The maximum absolute atomic E-state index is 6.50. The van der Waals surface area contributed by atoms with Crippen molar-refractivity contribution in [2.75, 3.05) is 0 Å². The van der Waals surface area contributed by atoms with Gasteiger partial charge in [0.05, 0.1) is 0 Å². The van der Waals surface area contributed by atoms with Gasteiger partial charge in [0.2, 0.25) is 0 Å². The van der Waals surface area contributed by atoms with Gasteiger partial charge in [-0.3, -0.25) is 0 Å². The molecule has 0 aromatic heterocycles. The van der Waals surface area contributed by atoms with E-state index in [-0.39, 0.29) is 0 Å². The maximum atomic E-state index is 6.50. The summed E-state index contributed by atoms with van der Waals surface area (Å²) in [5.74, 6) is 1.84. The lowest BCUT2D eigenvalue weighted by Gasteiger charge is -2.23. The lowest BCUT2D eigenvalue weighted by atomic mass is 9.90. The van der Waals surface area contributed by atoms with Crippen molar-refractivity contribution in [1.82, 2.24) is 0 Å². The third-order valence-electron chi connectivity index (χ3n) is 8.59. The molecular formula is C40H24O. The van der Waals surface area contributed by atoms with Crippen molar-refractivity contribution >= 4 is 43.1 Å². The van der Waals surface area contributed by atoms with E-state index in [4.69, 9.17) is 4.74 Å². The zero-order valence-electron chi connectivity index (χ0n) is 22.3. The molecule has 0 spiro atoms. The fraction of sp³-hybridized carbons (Fsp3) is 0. The first-order valence-electron chi connectivity index (χ1n) is 14.1. The van der Waals surface area contributed by atoms with Crippen molar-refractivity contribution < 1.29 is 4.74 Å². The molecule has 1 heterocycles. The molecule has 1 heteroatoms. The van der Waals surface area contributed by atoms with Gasteiger partial charge in [0, 0.05) is 10.9 Å². The van der Waals surface area contributed by atoms with Crippen LogP contribution in [-0.4, -0.2) is 0 Å². The van der Waals surface area contributed by atoms with Crippen molar-refractivity contribution in [3.63, 3.8) is 0 Å². The minimum atomic E-state index is 0.907. The highest BCUT2D eigenvalue weighted by molar-refractivity contribution is 6.16. The van der Waals surface area contributed by atoms with E-state index < -0.39 is 0 Å². The van der Waals surface area contributed by atoms with Gasteiger partial charge in [-0.05, 0) is 102 Å². The van der Waals surface area contributed by atoms with E-state index in [9.17, 15) is 0 Å². The minimum Gasteiger partial charge on any atom is -0.456 e. The topological polar surface area (TPSA) is 9.23 Å². The summed E-state index contributed by atoms with van der Waals surface area (Å²) in [5.41, 5.74) is 7.24. The van der Waals surface area contributed by atoms with Crippen LogP contribution in [0, 0.1) is 0 Å². The van der Waals surface area contributed by atoms with Crippen molar-refractivity contribution in [3.05, 3.63) is 146 Å². The van der Waals surface area contributed by atoms with E-state index in [0.717, 1.165) is 17.1 Å². The van der Waals surface area contributed by atoms with Crippen LogP contribution < -0.4 is 4.74 Å². The molecular weight excluding hydrogens is 496 g/mol. The number of hydrogen-bond acceptors (Lipinski definition) is 1. The van der Waals surface area contributed by atoms with Crippen LogP contribution in [0.3, 0.4) is 0 Å². The molecule has 0 amide bonds. The summed E-state index contributed by atoms with van der Waals surface area (Å²) < 4.78 is 6.50.